The van der Waals surface area contributed by atoms with Gasteiger partial charge in [0.15, 0.2) is 6.23 Å². The van der Waals surface area contributed by atoms with Gasteiger partial charge in [-0.1, -0.05) is 0 Å². The molecule has 5 N–H and O–H groups in total. The van der Waals surface area contributed by atoms with Gasteiger partial charge in [0.05, 0.1) is 6.61 Å². The third-order valence-corrected chi connectivity index (χ3v) is 2.50. The zero-order valence-corrected chi connectivity index (χ0v) is 7.25. The summed E-state index contributed by atoms with van der Waals surface area (Å²) in [4.78, 5) is 10.9. The van der Waals surface area contributed by atoms with Crippen molar-refractivity contribution < 1.29 is 24.9 Å². The summed E-state index contributed by atoms with van der Waals surface area (Å²) >= 11 is 0. The monoisotopic (exact) mass is 204 g/mol. The van der Waals surface area contributed by atoms with E-state index in [2.05, 4.69) is 10.6 Å². The predicted molar refractivity (Wildman–Crippen MR) is 43.2 cm³/mol. The highest BCUT2D eigenvalue weighted by Crippen LogP contribution is 2.21. The molecular formula is C7H12N2O5. The topological polar surface area (TPSA) is 111 Å². The molecule has 0 bridgehead atoms. The zero-order chi connectivity index (χ0) is 10.3. The van der Waals surface area contributed by atoms with Crippen molar-refractivity contribution in [2.45, 2.75) is 30.6 Å². The van der Waals surface area contributed by atoms with Crippen LogP contribution in [0, 0.1) is 0 Å². The molecule has 2 aliphatic heterocycles. The fourth-order valence-corrected chi connectivity index (χ4v) is 1.72. The minimum absolute atomic E-state index is 0.405. The fourth-order valence-electron chi connectivity index (χ4n) is 1.72. The molecule has 0 aromatic carbocycles. The lowest BCUT2D eigenvalue weighted by Gasteiger charge is -2.37. The Morgan fingerprint density at radius 2 is 2.00 bits per heavy atom. The Morgan fingerprint density at radius 1 is 1.29 bits per heavy atom. The first kappa shape index (κ1) is 9.66. The van der Waals surface area contributed by atoms with Crippen molar-refractivity contribution in [3.8, 4) is 0 Å². The summed E-state index contributed by atoms with van der Waals surface area (Å²) in [7, 11) is 0. The minimum atomic E-state index is -1.19. The first-order chi connectivity index (χ1) is 6.63. The Morgan fingerprint density at radius 3 is 2.64 bits per heavy atom. The second-order valence-corrected chi connectivity index (χ2v) is 3.40. The van der Waals surface area contributed by atoms with Crippen LogP contribution in [0.25, 0.3) is 0 Å². The normalized spacial score (nSPS) is 46.8. The second kappa shape index (κ2) is 3.35. The number of rotatable bonds is 1. The van der Waals surface area contributed by atoms with Gasteiger partial charge in [-0.25, -0.2) is 4.79 Å². The van der Waals surface area contributed by atoms with E-state index >= 15 is 0 Å². The Balaban J connectivity index is 2.13. The molecule has 80 valence electrons. The van der Waals surface area contributed by atoms with Crippen LogP contribution in [0.1, 0.15) is 0 Å². The summed E-state index contributed by atoms with van der Waals surface area (Å²) in [5.74, 6) is 0. The van der Waals surface area contributed by atoms with Gasteiger partial charge in [0.2, 0.25) is 0 Å². The Hall–Kier alpha value is -0.890. The summed E-state index contributed by atoms with van der Waals surface area (Å²) in [6.07, 6.45) is -3.89. The van der Waals surface area contributed by atoms with Gasteiger partial charge in [-0.15, -0.1) is 0 Å². The lowest BCUT2D eigenvalue weighted by Crippen LogP contribution is -2.61. The Bertz CT molecular complexity index is 248. The number of fused-ring (bicyclic) bond motifs is 1. The second-order valence-electron chi connectivity index (χ2n) is 3.40. The minimum Gasteiger partial charge on any atom is -0.394 e. The molecule has 0 saturated carbocycles. The van der Waals surface area contributed by atoms with Crippen molar-refractivity contribution in [1.29, 1.82) is 0 Å². The van der Waals surface area contributed by atoms with E-state index in [9.17, 15) is 15.0 Å². The first-order valence-electron chi connectivity index (χ1n) is 4.33. The summed E-state index contributed by atoms with van der Waals surface area (Å²) in [5.41, 5.74) is 0. The van der Waals surface area contributed by atoms with E-state index in [-0.39, 0.29) is 0 Å². The van der Waals surface area contributed by atoms with Crippen molar-refractivity contribution in [2.75, 3.05) is 6.61 Å². The third kappa shape index (κ3) is 1.34. The molecule has 2 amide bonds. The standard InChI is InChI=1S/C7H12N2O5/c10-1-2-4(11)5(12)3-6(14-2)9-7(13)8-3/h2-6,10-12H,1H2,(H2,8,9,13). The molecule has 2 heterocycles. The van der Waals surface area contributed by atoms with Gasteiger partial charge in [-0.05, 0) is 0 Å². The molecule has 7 heteroatoms. The molecule has 0 spiro atoms. The van der Waals surface area contributed by atoms with Gasteiger partial charge in [0.1, 0.15) is 24.4 Å². The number of nitrogens with one attached hydrogen (secondary N) is 2. The molecular weight excluding hydrogens is 192 g/mol. The van der Waals surface area contributed by atoms with Crippen LogP contribution in [-0.2, 0) is 4.74 Å². The smallest absolute Gasteiger partial charge is 0.317 e. The molecule has 0 radical (unpaired) electrons. The van der Waals surface area contributed by atoms with Gasteiger partial charge in [-0.2, -0.15) is 0 Å². The largest absolute Gasteiger partial charge is 0.394 e. The molecule has 2 rings (SSSR count). The van der Waals surface area contributed by atoms with Crippen molar-refractivity contribution in [3.63, 3.8) is 0 Å². The quantitative estimate of drug-likeness (QED) is 0.315. The van der Waals surface area contributed by atoms with Gasteiger partial charge in [0.25, 0.3) is 0 Å². The number of carbonyl (C=O) groups is 1. The van der Waals surface area contributed by atoms with E-state index < -0.39 is 43.2 Å². The highest BCUT2D eigenvalue weighted by molar-refractivity contribution is 5.77. The van der Waals surface area contributed by atoms with E-state index in [0.29, 0.717) is 0 Å². The average Bonchev–Trinajstić information content (AvgIpc) is 2.52. The first-order valence-corrected chi connectivity index (χ1v) is 4.33. The van der Waals surface area contributed by atoms with Gasteiger partial charge >= 0.3 is 6.03 Å². The summed E-state index contributed by atoms with van der Waals surface area (Å²) < 4.78 is 5.16. The number of hydrogen-bond acceptors (Lipinski definition) is 5. The number of hydrogen-bond donors (Lipinski definition) is 5. The molecule has 14 heavy (non-hydrogen) atoms. The maximum Gasteiger partial charge on any atom is 0.317 e. The molecule has 2 fully saturated rings. The van der Waals surface area contributed by atoms with Gasteiger partial charge in [-0.3, -0.25) is 0 Å². The number of aliphatic hydroxyl groups is 3. The molecule has 5 unspecified atom stereocenters. The lowest BCUT2D eigenvalue weighted by molar-refractivity contribution is -0.189. The van der Waals surface area contributed by atoms with E-state index in [4.69, 9.17) is 9.84 Å². The van der Waals surface area contributed by atoms with Gasteiger partial charge in [0, 0.05) is 0 Å². The number of urea groups is 1. The van der Waals surface area contributed by atoms with Crippen molar-refractivity contribution in [3.05, 3.63) is 0 Å². The average molecular weight is 204 g/mol. The van der Waals surface area contributed by atoms with Crippen LogP contribution in [0.5, 0.6) is 0 Å². The molecule has 0 aromatic heterocycles. The van der Waals surface area contributed by atoms with Crippen LogP contribution < -0.4 is 10.6 Å². The van der Waals surface area contributed by atoms with E-state index in [1.807, 2.05) is 0 Å². The lowest BCUT2D eigenvalue weighted by atomic mass is 9.97. The Kier molecular flexibility index (Phi) is 2.31. The third-order valence-electron chi connectivity index (χ3n) is 2.50. The SMILES string of the molecule is O=C1NC2OC(CO)C(O)C(O)C2N1. The zero-order valence-electron chi connectivity index (χ0n) is 7.25. The number of ether oxygens (including phenoxy) is 1. The van der Waals surface area contributed by atoms with Crippen LogP contribution in [-0.4, -0.2) is 58.5 Å². The maximum atomic E-state index is 10.9. The molecule has 2 saturated heterocycles. The fraction of sp³-hybridized carbons (Fsp3) is 0.857. The number of carbonyl (C=O) groups excluding carboxylic acids is 1. The molecule has 5 atom stereocenters. The maximum absolute atomic E-state index is 10.9. The van der Waals surface area contributed by atoms with Crippen LogP contribution in [0.2, 0.25) is 0 Å². The number of amides is 2. The highest BCUT2D eigenvalue weighted by Gasteiger charge is 2.48. The highest BCUT2D eigenvalue weighted by atomic mass is 16.5. The van der Waals surface area contributed by atoms with Crippen molar-refractivity contribution in [1.82, 2.24) is 10.6 Å². The van der Waals surface area contributed by atoms with E-state index in [1.165, 1.54) is 0 Å². The summed E-state index contributed by atoms with van der Waals surface area (Å²) in [6, 6.07) is -1.12. The van der Waals surface area contributed by atoms with Crippen molar-refractivity contribution >= 4 is 6.03 Å². The van der Waals surface area contributed by atoms with Crippen LogP contribution >= 0.6 is 0 Å². The number of aliphatic hydroxyl groups excluding tert-OH is 3. The van der Waals surface area contributed by atoms with Gasteiger partial charge < -0.3 is 30.7 Å². The van der Waals surface area contributed by atoms with Crippen LogP contribution in [0.3, 0.4) is 0 Å². The van der Waals surface area contributed by atoms with E-state index in [0.717, 1.165) is 0 Å². The van der Waals surface area contributed by atoms with Crippen LogP contribution in [0.4, 0.5) is 4.79 Å². The predicted octanol–water partition coefficient (Wildman–Crippen LogP) is -2.89. The van der Waals surface area contributed by atoms with E-state index in [1.54, 1.807) is 0 Å². The molecule has 7 nitrogen and oxygen atoms in total. The molecule has 0 aromatic rings. The molecule has 0 aliphatic carbocycles. The summed E-state index contributed by atoms with van der Waals surface area (Å²) in [6.45, 7) is -0.405. The Labute approximate surface area is 79.7 Å². The van der Waals surface area contributed by atoms with Crippen molar-refractivity contribution in [2.24, 2.45) is 0 Å². The molecule has 2 aliphatic rings. The van der Waals surface area contributed by atoms with Crippen LogP contribution in [0.15, 0.2) is 0 Å². The summed E-state index contributed by atoms with van der Waals surface area (Å²) in [5, 5.41) is 32.7.